The first-order chi connectivity index (χ1) is 15.5. The van der Waals surface area contributed by atoms with Crippen LogP contribution in [0.2, 0.25) is 0 Å². The van der Waals surface area contributed by atoms with E-state index in [1.54, 1.807) is 12.1 Å². The van der Waals surface area contributed by atoms with E-state index < -0.39 is 0 Å². The van der Waals surface area contributed by atoms with Crippen molar-refractivity contribution in [1.82, 2.24) is 25.2 Å². The maximum Gasteiger partial charge on any atom is 0.269 e. The number of carbonyl (C=O) groups is 1. The summed E-state index contributed by atoms with van der Waals surface area (Å²) >= 11 is 0. The molecule has 2 N–H and O–H groups in total. The fraction of sp³-hybridized carbons (Fsp3) is 0.348. The zero-order valence-electron chi connectivity index (χ0n) is 18.0. The van der Waals surface area contributed by atoms with E-state index in [0.29, 0.717) is 25.3 Å². The number of amides is 1. The van der Waals surface area contributed by atoms with E-state index in [9.17, 15) is 14.9 Å². The number of carbonyl (C=O) groups excluding carboxylic acids is 1. The summed E-state index contributed by atoms with van der Waals surface area (Å²) in [6.45, 7) is 4.15. The van der Waals surface area contributed by atoms with Crippen LogP contribution < -0.4 is 15.6 Å². The van der Waals surface area contributed by atoms with Gasteiger partial charge in [0.2, 0.25) is 0 Å². The Morgan fingerprint density at radius 2 is 2.25 bits per heavy atom. The molecule has 0 saturated carbocycles. The topological polar surface area (TPSA) is 124 Å². The molecule has 0 spiro atoms. The number of rotatable bonds is 6. The fourth-order valence-corrected chi connectivity index (χ4v) is 3.87. The molecule has 3 aromatic heterocycles. The summed E-state index contributed by atoms with van der Waals surface area (Å²) in [5.74, 6) is 0.0278. The van der Waals surface area contributed by atoms with Crippen molar-refractivity contribution < 1.29 is 9.53 Å². The van der Waals surface area contributed by atoms with Gasteiger partial charge < -0.3 is 15.0 Å². The number of aromatic amines is 1. The van der Waals surface area contributed by atoms with Gasteiger partial charge in [0.1, 0.15) is 17.9 Å². The Morgan fingerprint density at radius 1 is 1.41 bits per heavy atom. The summed E-state index contributed by atoms with van der Waals surface area (Å²) in [6, 6.07) is 8.98. The number of hydrogen-bond acceptors (Lipinski definition) is 7. The molecule has 0 aromatic carbocycles. The lowest BCUT2D eigenvalue weighted by Gasteiger charge is -2.17. The van der Waals surface area contributed by atoms with Gasteiger partial charge in [0.05, 0.1) is 11.0 Å². The second-order valence-electron chi connectivity index (χ2n) is 7.75. The third-order valence-electron chi connectivity index (χ3n) is 5.56. The van der Waals surface area contributed by atoms with Crippen LogP contribution in [0.5, 0.6) is 5.75 Å². The summed E-state index contributed by atoms with van der Waals surface area (Å²) in [5.41, 5.74) is 3.45. The molecule has 9 nitrogen and oxygen atoms in total. The normalized spacial score (nSPS) is 16.1. The number of fused-ring (bicyclic) bond motifs is 1. The molecule has 0 unspecified atom stereocenters. The van der Waals surface area contributed by atoms with Crippen molar-refractivity contribution in [2.45, 2.75) is 32.4 Å². The van der Waals surface area contributed by atoms with Crippen LogP contribution in [0.1, 0.15) is 40.7 Å². The average molecular weight is 432 g/mol. The number of nitrogens with zero attached hydrogens (tertiary/aromatic N) is 4. The van der Waals surface area contributed by atoms with Gasteiger partial charge >= 0.3 is 0 Å². The van der Waals surface area contributed by atoms with E-state index in [4.69, 9.17) is 4.74 Å². The second-order valence-corrected chi connectivity index (χ2v) is 7.75. The highest BCUT2D eigenvalue weighted by molar-refractivity contribution is 5.92. The van der Waals surface area contributed by atoms with Crippen molar-refractivity contribution >= 4 is 16.9 Å². The van der Waals surface area contributed by atoms with Crippen LogP contribution in [0.25, 0.3) is 11.0 Å². The highest BCUT2D eigenvalue weighted by atomic mass is 16.5. The van der Waals surface area contributed by atoms with Gasteiger partial charge in [-0.3, -0.25) is 19.5 Å². The van der Waals surface area contributed by atoms with E-state index in [1.807, 2.05) is 31.3 Å². The van der Waals surface area contributed by atoms with Gasteiger partial charge in [0, 0.05) is 38.4 Å². The van der Waals surface area contributed by atoms with Gasteiger partial charge in [-0.15, -0.1) is 0 Å². The van der Waals surface area contributed by atoms with Crippen LogP contribution in [-0.2, 0) is 13.0 Å². The number of ether oxygens (including phenoxy) is 1. The zero-order chi connectivity index (χ0) is 22.7. The first kappa shape index (κ1) is 21.5. The molecule has 0 aliphatic carbocycles. The van der Waals surface area contributed by atoms with Crippen molar-refractivity contribution in [2.75, 3.05) is 20.1 Å². The Kier molecular flexibility index (Phi) is 6.14. The smallest absolute Gasteiger partial charge is 0.269 e. The minimum Gasteiger partial charge on any atom is -0.486 e. The molecule has 1 saturated heterocycles. The van der Waals surface area contributed by atoms with Crippen LogP contribution in [0.3, 0.4) is 0 Å². The van der Waals surface area contributed by atoms with E-state index in [1.165, 1.54) is 7.05 Å². The van der Waals surface area contributed by atoms with E-state index in [0.717, 1.165) is 35.1 Å². The van der Waals surface area contributed by atoms with Crippen LogP contribution in [0.15, 0.2) is 35.3 Å². The lowest BCUT2D eigenvalue weighted by Crippen LogP contribution is -2.25. The van der Waals surface area contributed by atoms with Crippen molar-refractivity contribution in [1.29, 1.82) is 5.26 Å². The summed E-state index contributed by atoms with van der Waals surface area (Å²) in [5, 5.41) is 11.9. The quantitative estimate of drug-likeness (QED) is 0.608. The Morgan fingerprint density at radius 3 is 3.00 bits per heavy atom. The molecule has 1 amide bonds. The number of pyridine rings is 3. The van der Waals surface area contributed by atoms with E-state index >= 15 is 0 Å². The third-order valence-corrected chi connectivity index (χ3v) is 5.56. The molecule has 3 aromatic rings. The molecule has 0 radical (unpaired) electrons. The first-order valence-electron chi connectivity index (χ1n) is 10.5. The Labute approximate surface area is 185 Å². The fourth-order valence-electron chi connectivity index (χ4n) is 3.87. The van der Waals surface area contributed by atoms with Crippen LogP contribution in [0.4, 0.5) is 0 Å². The lowest BCUT2D eigenvalue weighted by atomic mass is 10.1. The van der Waals surface area contributed by atoms with Gasteiger partial charge in [0.25, 0.3) is 11.5 Å². The van der Waals surface area contributed by atoms with Gasteiger partial charge in [-0.25, -0.2) is 4.98 Å². The summed E-state index contributed by atoms with van der Waals surface area (Å²) in [7, 11) is 1.51. The van der Waals surface area contributed by atoms with Gasteiger partial charge in [-0.05, 0) is 42.7 Å². The lowest BCUT2D eigenvalue weighted by molar-refractivity contribution is 0.0958. The molecular weight excluding hydrogens is 408 g/mol. The molecule has 1 fully saturated rings. The average Bonchev–Trinajstić information content (AvgIpc) is 3.24. The number of aryl methyl sites for hydroxylation is 1. The van der Waals surface area contributed by atoms with Crippen molar-refractivity contribution in [2.24, 2.45) is 0 Å². The second kappa shape index (κ2) is 9.16. The SMILES string of the molecule is CCc1cc2ncc(CN3CC[C@@H](Oc4ccc(C(=O)NC)nc4C#N)C3)cc2[nH]c1=O. The van der Waals surface area contributed by atoms with Crippen LogP contribution in [0, 0.1) is 11.3 Å². The molecule has 0 bridgehead atoms. The minimum absolute atomic E-state index is 0.0714. The number of nitrogens with one attached hydrogen (secondary N) is 2. The monoisotopic (exact) mass is 432 g/mol. The maximum atomic E-state index is 12.1. The van der Waals surface area contributed by atoms with E-state index in [2.05, 4.69) is 25.2 Å². The molecule has 32 heavy (non-hydrogen) atoms. The van der Waals surface area contributed by atoms with Gasteiger partial charge in [-0.1, -0.05) is 6.92 Å². The predicted molar refractivity (Wildman–Crippen MR) is 118 cm³/mol. The molecule has 1 aliphatic rings. The first-order valence-corrected chi connectivity index (χ1v) is 10.5. The number of H-pyrrole nitrogens is 1. The van der Waals surface area contributed by atoms with Crippen molar-refractivity contribution in [3.63, 3.8) is 0 Å². The highest BCUT2D eigenvalue weighted by Crippen LogP contribution is 2.23. The summed E-state index contributed by atoms with van der Waals surface area (Å²) < 4.78 is 6.02. The maximum absolute atomic E-state index is 12.1. The molecular formula is C23H24N6O3. The number of aromatic nitrogens is 3. The standard InChI is InChI=1S/C23H24N6O3/c1-3-15-9-18-19(28-22(15)30)8-14(11-26-18)12-29-7-6-16(13-29)32-21-5-4-17(23(31)25-2)27-20(21)10-24/h4-5,8-9,11,16H,3,6-7,12-13H2,1-2H3,(H,25,31)(H,28,30)/t16-/m1/s1. The number of hydrogen-bond donors (Lipinski definition) is 2. The van der Waals surface area contributed by atoms with Gasteiger partial charge in [0.15, 0.2) is 11.4 Å². The molecule has 4 heterocycles. The molecule has 164 valence electrons. The van der Waals surface area contributed by atoms with Crippen molar-refractivity contribution in [3.05, 3.63) is 63.3 Å². The van der Waals surface area contributed by atoms with Crippen LogP contribution >= 0.6 is 0 Å². The predicted octanol–water partition coefficient (Wildman–Crippen LogP) is 1.77. The Hall–Kier alpha value is -3.77. The van der Waals surface area contributed by atoms with Crippen LogP contribution in [-0.4, -0.2) is 52.0 Å². The molecule has 1 atom stereocenters. The van der Waals surface area contributed by atoms with Crippen molar-refractivity contribution in [3.8, 4) is 11.8 Å². The Balaban J connectivity index is 1.42. The zero-order valence-corrected chi connectivity index (χ0v) is 18.0. The Bertz CT molecular complexity index is 1260. The third kappa shape index (κ3) is 4.45. The minimum atomic E-state index is -0.351. The highest BCUT2D eigenvalue weighted by Gasteiger charge is 2.25. The largest absolute Gasteiger partial charge is 0.486 e. The molecule has 4 rings (SSSR count). The molecule has 1 aliphatic heterocycles. The number of nitriles is 1. The summed E-state index contributed by atoms with van der Waals surface area (Å²) in [6.07, 6.45) is 3.22. The number of likely N-dealkylation sites (tertiary alicyclic amines) is 1. The van der Waals surface area contributed by atoms with Gasteiger partial charge in [-0.2, -0.15) is 5.26 Å². The molecule has 9 heteroatoms. The summed E-state index contributed by atoms with van der Waals surface area (Å²) in [4.78, 5) is 37.6. The van der Waals surface area contributed by atoms with E-state index in [-0.39, 0.29) is 29.0 Å².